The first-order valence-electron chi connectivity index (χ1n) is 9.11. The summed E-state index contributed by atoms with van der Waals surface area (Å²) in [5, 5.41) is 20.7. The van der Waals surface area contributed by atoms with E-state index < -0.39 is 5.54 Å². The second-order valence-corrected chi connectivity index (χ2v) is 8.78. The second kappa shape index (κ2) is 6.21. The highest BCUT2D eigenvalue weighted by molar-refractivity contribution is 7.15. The first kappa shape index (κ1) is 17.7. The van der Waals surface area contributed by atoms with Gasteiger partial charge in [0.25, 0.3) is 0 Å². The SMILES string of the molecule is Cc1ccc(C#N)cc1-c1ccc([C@@]2(C)NC(=N)N(C)C(=O)[C@@H]2C2CC2)s1. The van der Waals surface area contributed by atoms with Gasteiger partial charge in [0.05, 0.1) is 23.1 Å². The number of carbonyl (C=O) groups is 1. The largest absolute Gasteiger partial charge is 0.345 e. The fraction of sp³-hybridized carbons (Fsp3) is 0.381. The van der Waals surface area contributed by atoms with E-state index in [1.165, 1.54) is 4.90 Å². The average molecular weight is 379 g/mol. The number of carbonyl (C=O) groups excluding carboxylic acids is 1. The third-order valence-corrected chi connectivity index (χ3v) is 7.13. The van der Waals surface area contributed by atoms with Gasteiger partial charge in [0.2, 0.25) is 5.91 Å². The van der Waals surface area contributed by atoms with Crippen molar-refractivity contribution in [2.45, 2.75) is 32.2 Å². The molecule has 5 nitrogen and oxygen atoms in total. The molecule has 0 bridgehead atoms. The maximum Gasteiger partial charge on any atom is 0.235 e. The minimum Gasteiger partial charge on any atom is -0.345 e. The van der Waals surface area contributed by atoms with Gasteiger partial charge >= 0.3 is 0 Å². The molecule has 1 aliphatic carbocycles. The zero-order chi connectivity index (χ0) is 19.3. The summed E-state index contributed by atoms with van der Waals surface area (Å²) in [4.78, 5) is 16.5. The van der Waals surface area contributed by atoms with E-state index in [9.17, 15) is 10.1 Å². The van der Waals surface area contributed by atoms with Crippen molar-refractivity contribution in [1.29, 1.82) is 10.7 Å². The lowest BCUT2D eigenvalue weighted by Gasteiger charge is -2.45. The third kappa shape index (κ3) is 2.83. The fourth-order valence-corrected chi connectivity index (χ4v) is 5.24. The van der Waals surface area contributed by atoms with Gasteiger partial charge in [0.1, 0.15) is 0 Å². The Balaban J connectivity index is 1.76. The zero-order valence-corrected chi connectivity index (χ0v) is 16.5. The molecule has 1 aromatic heterocycles. The van der Waals surface area contributed by atoms with Crippen LogP contribution in [0.15, 0.2) is 30.3 Å². The normalized spacial score (nSPS) is 25.3. The maximum absolute atomic E-state index is 12.9. The van der Waals surface area contributed by atoms with Crippen LogP contribution in [0.3, 0.4) is 0 Å². The van der Waals surface area contributed by atoms with E-state index in [1.807, 2.05) is 32.0 Å². The standard InChI is InChI=1S/C21H22N4OS/c1-12-4-5-13(11-22)10-15(12)16-8-9-17(27-16)21(2)18(14-6-7-14)19(26)25(3)20(23)24-21/h4-5,8-10,14,18H,6-7H2,1-3H3,(H2,23,24)/t18-,21+/m0/s1. The smallest absolute Gasteiger partial charge is 0.235 e. The van der Waals surface area contributed by atoms with Gasteiger partial charge < -0.3 is 5.32 Å². The lowest BCUT2D eigenvalue weighted by Crippen LogP contribution is -2.64. The number of amides is 1. The first-order valence-corrected chi connectivity index (χ1v) is 9.92. The van der Waals surface area contributed by atoms with Gasteiger partial charge in [-0.2, -0.15) is 5.26 Å². The highest BCUT2D eigenvalue weighted by Crippen LogP contribution is 2.50. The summed E-state index contributed by atoms with van der Waals surface area (Å²) in [6, 6.07) is 12.0. The molecule has 2 aromatic rings. The molecule has 2 heterocycles. The summed E-state index contributed by atoms with van der Waals surface area (Å²) in [6.45, 7) is 4.08. The van der Waals surface area contributed by atoms with Gasteiger partial charge in [-0.15, -0.1) is 11.3 Å². The van der Waals surface area contributed by atoms with E-state index in [0.717, 1.165) is 33.7 Å². The van der Waals surface area contributed by atoms with Crippen LogP contribution in [0.2, 0.25) is 0 Å². The Morgan fingerprint density at radius 2 is 2.07 bits per heavy atom. The van der Waals surface area contributed by atoms with Crippen LogP contribution in [0.1, 0.15) is 35.8 Å². The predicted molar refractivity (Wildman–Crippen MR) is 106 cm³/mol. The lowest BCUT2D eigenvalue weighted by molar-refractivity contribution is -0.136. The monoisotopic (exact) mass is 378 g/mol. The molecule has 1 amide bonds. The number of nitrogens with one attached hydrogen (secondary N) is 2. The number of thiophene rings is 1. The van der Waals surface area contributed by atoms with E-state index in [2.05, 4.69) is 23.5 Å². The highest BCUT2D eigenvalue weighted by atomic mass is 32.1. The Morgan fingerprint density at radius 1 is 1.33 bits per heavy atom. The van der Waals surface area contributed by atoms with Crippen LogP contribution in [-0.2, 0) is 10.3 Å². The molecule has 1 aromatic carbocycles. The Bertz CT molecular complexity index is 984. The molecule has 6 heteroatoms. The van der Waals surface area contributed by atoms with Crippen molar-refractivity contribution in [3.8, 4) is 16.5 Å². The van der Waals surface area contributed by atoms with Gasteiger partial charge in [-0.3, -0.25) is 15.1 Å². The van der Waals surface area contributed by atoms with Crippen molar-refractivity contribution in [2.24, 2.45) is 11.8 Å². The van der Waals surface area contributed by atoms with Crippen molar-refractivity contribution >= 4 is 23.2 Å². The minimum absolute atomic E-state index is 0.0290. The van der Waals surface area contributed by atoms with Crippen molar-refractivity contribution in [3.05, 3.63) is 46.3 Å². The number of nitriles is 1. The van der Waals surface area contributed by atoms with Gasteiger partial charge in [0.15, 0.2) is 5.96 Å². The van der Waals surface area contributed by atoms with Crippen LogP contribution in [0, 0.1) is 35.5 Å². The molecule has 2 atom stereocenters. The van der Waals surface area contributed by atoms with E-state index in [1.54, 1.807) is 18.4 Å². The Labute approximate surface area is 163 Å². The number of benzene rings is 1. The molecule has 4 rings (SSSR count). The molecule has 1 saturated carbocycles. The van der Waals surface area contributed by atoms with Gasteiger partial charge in [-0.25, -0.2) is 0 Å². The summed E-state index contributed by atoms with van der Waals surface area (Å²) in [6.07, 6.45) is 2.13. The van der Waals surface area contributed by atoms with Crippen LogP contribution < -0.4 is 5.32 Å². The second-order valence-electron chi connectivity index (χ2n) is 7.69. The quantitative estimate of drug-likeness (QED) is 0.852. The summed E-state index contributed by atoms with van der Waals surface area (Å²) >= 11 is 1.64. The van der Waals surface area contributed by atoms with Crippen molar-refractivity contribution < 1.29 is 4.79 Å². The molecule has 2 fully saturated rings. The molecule has 0 spiro atoms. The lowest BCUT2D eigenvalue weighted by atomic mass is 9.78. The number of hydrogen-bond donors (Lipinski definition) is 2. The van der Waals surface area contributed by atoms with E-state index >= 15 is 0 Å². The molecular weight excluding hydrogens is 356 g/mol. The summed E-state index contributed by atoms with van der Waals surface area (Å²) in [5.74, 6) is 0.396. The van der Waals surface area contributed by atoms with Gasteiger partial charge in [0, 0.05) is 16.8 Å². The Hall–Kier alpha value is -2.65. The van der Waals surface area contributed by atoms with Crippen molar-refractivity contribution in [1.82, 2.24) is 10.2 Å². The third-order valence-electron chi connectivity index (χ3n) is 5.78. The molecule has 27 heavy (non-hydrogen) atoms. The number of hydrogen-bond acceptors (Lipinski definition) is 4. The maximum atomic E-state index is 12.9. The molecular formula is C21H22N4OS. The van der Waals surface area contributed by atoms with Crippen LogP contribution in [0.25, 0.3) is 10.4 Å². The Morgan fingerprint density at radius 3 is 2.74 bits per heavy atom. The van der Waals surface area contributed by atoms with Gasteiger partial charge in [-0.1, -0.05) is 6.07 Å². The fourth-order valence-electron chi connectivity index (χ4n) is 4.01. The highest BCUT2D eigenvalue weighted by Gasteiger charge is 2.54. The summed E-state index contributed by atoms with van der Waals surface area (Å²) < 4.78 is 0. The van der Waals surface area contributed by atoms with Crippen LogP contribution in [-0.4, -0.2) is 23.8 Å². The Kier molecular flexibility index (Phi) is 4.08. The molecule has 2 aliphatic rings. The van der Waals surface area contributed by atoms with E-state index in [-0.39, 0.29) is 17.8 Å². The topological polar surface area (TPSA) is 80.0 Å². The predicted octanol–water partition coefficient (Wildman–Crippen LogP) is 3.83. The number of rotatable bonds is 3. The summed E-state index contributed by atoms with van der Waals surface area (Å²) in [7, 11) is 1.67. The summed E-state index contributed by atoms with van der Waals surface area (Å²) in [5.41, 5.74) is 2.23. The molecule has 1 saturated heterocycles. The number of aryl methyl sites for hydroxylation is 1. The molecule has 1 aliphatic heterocycles. The average Bonchev–Trinajstić information content (AvgIpc) is 3.34. The van der Waals surface area contributed by atoms with Crippen LogP contribution in [0.5, 0.6) is 0 Å². The van der Waals surface area contributed by atoms with Crippen LogP contribution >= 0.6 is 11.3 Å². The van der Waals surface area contributed by atoms with Crippen molar-refractivity contribution in [2.75, 3.05) is 7.05 Å². The molecule has 138 valence electrons. The number of nitrogens with zero attached hydrogens (tertiary/aromatic N) is 2. The van der Waals surface area contributed by atoms with Gasteiger partial charge in [-0.05, 0) is 68.0 Å². The van der Waals surface area contributed by atoms with Crippen molar-refractivity contribution in [3.63, 3.8) is 0 Å². The molecule has 0 unspecified atom stereocenters. The van der Waals surface area contributed by atoms with E-state index in [4.69, 9.17) is 5.41 Å². The van der Waals surface area contributed by atoms with E-state index in [0.29, 0.717) is 11.5 Å². The molecule has 0 radical (unpaired) electrons. The zero-order valence-electron chi connectivity index (χ0n) is 15.7. The molecule has 2 N–H and O–H groups in total. The van der Waals surface area contributed by atoms with Crippen LogP contribution in [0.4, 0.5) is 0 Å². The number of guanidine groups is 1. The first-order chi connectivity index (χ1) is 12.8. The minimum atomic E-state index is -0.578.